The van der Waals surface area contributed by atoms with E-state index < -0.39 is 292 Å². The molecule has 46 heteroatoms. The number of hydrogen-bond acceptors (Lipinski definition) is 24. The molecule has 2 aromatic heterocycles. The van der Waals surface area contributed by atoms with Crippen molar-refractivity contribution in [3.63, 3.8) is 0 Å². The molecule has 728 valence electrons. The Hall–Kier alpha value is -13.8. The molecule has 16 amide bonds. The maximum absolute atomic E-state index is 15.7. The van der Waals surface area contributed by atoms with Crippen molar-refractivity contribution in [2.75, 3.05) is 65.9 Å². The number of carbonyl (C=O) groups excluding carboxylic acids is 16. The van der Waals surface area contributed by atoms with Crippen LogP contribution in [-0.4, -0.2) is 335 Å². The lowest BCUT2D eigenvalue weighted by Gasteiger charge is -2.36. The van der Waals surface area contributed by atoms with Gasteiger partial charge in [-0.1, -0.05) is 88.1 Å². The second kappa shape index (κ2) is 50.2. The number of fused-ring (bicyclic) bond motifs is 4. The number of nitrogens with two attached hydrogens (primary N) is 2. The number of primary amides is 1. The first-order valence-corrected chi connectivity index (χ1v) is 45.1. The fraction of sp³-hybridized carbons (Fsp3) is 0.523. The van der Waals surface area contributed by atoms with E-state index in [-0.39, 0.29) is 57.9 Å². The fourth-order valence-corrected chi connectivity index (χ4v) is 16.9. The number of likely N-dealkylation sites (N-methyl/N-ethyl adjacent to an activating group) is 3. The predicted octanol–water partition coefficient (Wildman–Crippen LogP) is -3.13. The van der Waals surface area contributed by atoms with E-state index in [1.807, 2.05) is 0 Å². The number of methoxy groups -OCH3 is 1. The van der Waals surface area contributed by atoms with Crippen molar-refractivity contribution in [1.82, 2.24) is 87.6 Å². The topological polar surface area (TPSA) is 672 Å². The number of amides is 16. The number of unbranched alkanes of at least 4 members (excludes halogenated alkanes) is 2. The third-order valence-corrected chi connectivity index (χ3v) is 24.6. The summed E-state index contributed by atoms with van der Waals surface area (Å²) in [5.74, 6) is -24.3. The van der Waals surface area contributed by atoms with Crippen molar-refractivity contribution < 1.29 is 126 Å². The van der Waals surface area contributed by atoms with Gasteiger partial charge in [-0.2, -0.15) is 0 Å². The third-order valence-electron chi connectivity index (χ3n) is 23.6. The molecule has 5 aromatic rings. The number of carboxylic acids is 4. The number of aromatic amines is 2. The van der Waals surface area contributed by atoms with Crippen LogP contribution in [0.5, 0.6) is 5.75 Å². The zero-order valence-corrected chi connectivity index (χ0v) is 76.1. The molecule has 0 unspecified atom stereocenters. The number of nitrogens with zero attached hydrogens (tertiary/aromatic N) is 5. The van der Waals surface area contributed by atoms with Crippen LogP contribution >= 0.6 is 11.8 Å². The van der Waals surface area contributed by atoms with Gasteiger partial charge in [0.15, 0.2) is 0 Å². The highest BCUT2D eigenvalue weighted by atomic mass is 32.2. The van der Waals surface area contributed by atoms with Gasteiger partial charge in [-0.3, -0.25) is 95.9 Å². The molecular weight excluding hydrogens is 1770 g/mol. The summed E-state index contributed by atoms with van der Waals surface area (Å²) in [7, 11) is 5.06. The molecule has 0 radical (unpaired) electrons. The van der Waals surface area contributed by atoms with Gasteiger partial charge in [0.25, 0.3) is 0 Å². The molecule has 0 spiro atoms. The fourth-order valence-electron chi connectivity index (χ4n) is 16.1. The quantitative estimate of drug-likeness (QED) is 0.0247. The standard InChI is InChI=1S/C88H119N19O26S/c1-8-10-21-65-81(125)95-56(28-30-71(111)112)77(121)102-64(76(120)93-42-69(90)109)44-134-45-70(110)94-60(33-47-24-26-51(133-7)27-25-47)84(128)103(4)46(3)75(119)99-62(38-74(117)118)87(131)106-32-16-23-66(106)82(126)101-63(39-89)80(124)96-57(29-31-72(113)114)86(130)107-43-50(108)36-68(107)83(127)98-58(34-48-40-91-54-19-14-12-17-52(48)54)78(122)97-59(37-73(115)116)79(123)100-61(35-49-41-92-55-20-15-13-18-53(49)55)85(129)105(6)67(22-11-9-2)88(132)104(65)5/h12-15,17-20,24-27,40-41,46,50,56-68,91-92,108H,8-11,16,21-23,28-39,42-45,89H2,1-7H3,(H2,90,109)(H,93,120)(H,94,110)(H,95,125)(H,96,124)(H,97,122)(H,98,127)(H,99,119)(H,100,123)(H,101,126)(H,102,121)(H,111,112)(H,113,114)(H,115,116)(H,117,118)/t46-,50+,56-,57-,58-,59-,60-,61-,62+,63-,64-,65-,66-,67-,68-/m0/s1. The molecule has 5 heterocycles. The average molecular weight is 1890 g/mol. The Balaban J connectivity index is 1.20. The van der Waals surface area contributed by atoms with Gasteiger partial charge in [-0.05, 0) is 86.4 Å². The third kappa shape index (κ3) is 29.4. The highest BCUT2D eigenvalue weighted by Crippen LogP contribution is 2.28. The molecule has 3 saturated heterocycles. The van der Waals surface area contributed by atoms with Gasteiger partial charge in [0, 0.05) is 119 Å². The Morgan fingerprint density at radius 3 is 1.57 bits per heavy atom. The molecular formula is C88H119N19O26S. The number of aliphatic carboxylic acids is 4. The summed E-state index contributed by atoms with van der Waals surface area (Å²) in [5, 5.41) is 77.8. The van der Waals surface area contributed by atoms with Gasteiger partial charge in [0.2, 0.25) is 94.5 Å². The van der Waals surface area contributed by atoms with Gasteiger partial charge in [0.1, 0.15) is 90.3 Å². The Morgan fingerprint density at radius 2 is 0.985 bits per heavy atom. The van der Waals surface area contributed by atoms with Gasteiger partial charge in [0.05, 0.1) is 38.4 Å². The first-order chi connectivity index (χ1) is 63.7. The number of H-pyrrole nitrogens is 2. The second-order valence-corrected chi connectivity index (χ2v) is 34.2. The number of carbonyl (C=O) groups is 20. The van der Waals surface area contributed by atoms with Crippen LogP contribution in [0.3, 0.4) is 0 Å². The number of aliphatic hydroxyl groups excluding tert-OH is 1. The smallest absolute Gasteiger partial charge is 0.305 e. The highest BCUT2D eigenvalue weighted by Gasteiger charge is 2.47. The summed E-state index contributed by atoms with van der Waals surface area (Å²) in [6, 6.07) is -4.54. The zero-order chi connectivity index (χ0) is 98.5. The van der Waals surface area contributed by atoms with Crippen LogP contribution in [0, 0.1) is 0 Å². The van der Waals surface area contributed by atoms with Crippen LogP contribution in [0.2, 0.25) is 0 Å². The van der Waals surface area contributed by atoms with Crippen LogP contribution in [0.15, 0.2) is 85.2 Å². The summed E-state index contributed by atoms with van der Waals surface area (Å²) < 4.78 is 5.30. The van der Waals surface area contributed by atoms with E-state index in [1.165, 1.54) is 34.3 Å². The largest absolute Gasteiger partial charge is 0.497 e. The van der Waals surface area contributed by atoms with Crippen molar-refractivity contribution in [1.29, 1.82) is 0 Å². The first-order valence-electron chi connectivity index (χ1n) is 43.9. The zero-order valence-electron chi connectivity index (χ0n) is 75.3. The lowest BCUT2D eigenvalue weighted by Crippen LogP contribution is -2.61. The molecule has 15 atom stereocenters. The lowest BCUT2D eigenvalue weighted by molar-refractivity contribution is -0.149. The average Bonchev–Trinajstić information content (AvgIpc) is 1.61. The number of hydrogen-bond donors (Lipinski definition) is 19. The van der Waals surface area contributed by atoms with Crippen LogP contribution in [0.25, 0.3) is 21.8 Å². The number of nitrogens with one attached hydrogen (secondary N) is 12. The number of carboxylic acid groups (broad SMARTS) is 4. The lowest BCUT2D eigenvalue weighted by atomic mass is 9.99. The normalized spacial score (nSPS) is 24.8. The number of thioether (sulfide) groups is 1. The van der Waals surface area contributed by atoms with Crippen LogP contribution in [-0.2, 0) is 115 Å². The number of aromatic nitrogens is 2. The van der Waals surface area contributed by atoms with Crippen molar-refractivity contribution >= 4 is 152 Å². The molecule has 0 saturated carbocycles. The highest BCUT2D eigenvalue weighted by molar-refractivity contribution is 8.00. The summed E-state index contributed by atoms with van der Waals surface area (Å²) in [6.07, 6.45) is -4.35. The van der Waals surface area contributed by atoms with Crippen molar-refractivity contribution in [3.05, 3.63) is 102 Å². The van der Waals surface area contributed by atoms with E-state index in [0.29, 0.717) is 68.8 Å². The van der Waals surface area contributed by atoms with Crippen LogP contribution in [0.1, 0.15) is 134 Å². The molecule has 3 aliphatic heterocycles. The van der Waals surface area contributed by atoms with Crippen molar-refractivity contribution in [2.24, 2.45) is 11.5 Å². The van der Waals surface area contributed by atoms with E-state index in [9.17, 15) is 87.9 Å². The van der Waals surface area contributed by atoms with Gasteiger partial charge in [-0.15, -0.1) is 11.8 Å². The molecule has 21 N–H and O–H groups in total. The summed E-state index contributed by atoms with van der Waals surface area (Å²) in [6.45, 7) is 2.36. The Labute approximate surface area is 774 Å². The van der Waals surface area contributed by atoms with Gasteiger partial charge >= 0.3 is 23.9 Å². The molecule has 0 bridgehead atoms. The van der Waals surface area contributed by atoms with E-state index in [1.54, 1.807) is 92.8 Å². The number of rotatable bonds is 27. The summed E-state index contributed by atoms with van der Waals surface area (Å²) >= 11 is 0.689. The molecule has 8 rings (SSSR count). The minimum absolute atomic E-state index is 0.0863. The number of benzene rings is 3. The number of ether oxygens (including phenoxy) is 1. The van der Waals surface area contributed by atoms with E-state index >= 15 is 33.6 Å². The molecule has 134 heavy (non-hydrogen) atoms. The molecule has 3 aliphatic rings. The monoisotopic (exact) mass is 1890 g/mol. The van der Waals surface area contributed by atoms with Crippen LogP contribution < -0.4 is 69.4 Å². The summed E-state index contributed by atoms with van der Waals surface area (Å²) in [4.78, 5) is 296. The van der Waals surface area contributed by atoms with Crippen molar-refractivity contribution in [3.8, 4) is 5.75 Å². The maximum Gasteiger partial charge on any atom is 0.305 e. The summed E-state index contributed by atoms with van der Waals surface area (Å²) in [5.41, 5.74) is 13.8. The predicted molar refractivity (Wildman–Crippen MR) is 480 cm³/mol. The Bertz CT molecular complexity index is 5130. The van der Waals surface area contributed by atoms with E-state index in [0.717, 1.165) is 31.5 Å². The van der Waals surface area contributed by atoms with E-state index in [4.69, 9.17) is 16.2 Å². The van der Waals surface area contributed by atoms with Gasteiger partial charge in [-0.25, -0.2) is 0 Å². The Kier molecular flexibility index (Phi) is 39.5. The maximum atomic E-state index is 15.7. The molecule has 3 aromatic carbocycles. The SMILES string of the molecule is CCCC[C@H]1C(=O)N(C)[C@@H](CCCC)C(=O)N[C@@H](CCC(=O)O)C(=O)N[C@H](C(=O)NCC(N)=O)CSCC(=O)N[C@@H](Cc2ccc(OC)cc2)C(=O)N(C)[C@@H](C)C(=O)N[C@H](CC(=O)O)C(=O)N2CCC[C@H]2C(=O)N[C@@H](CN)C(=O)N[C@@H](CCC(=O)O)C(=O)N2C[C@H](O)C[C@H]2C(=O)N[C@@H](Cc2c[nH]c3ccccc23)C(=O)N[C@@H](CC(=O)O)C(=O)N[C@@H](Cc2c[nH]c3ccccc23)C(=O)N1C. The molecule has 45 nitrogen and oxygen atoms in total. The van der Waals surface area contributed by atoms with Gasteiger partial charge < -0.3 is 129 Å². The number of para-hydroxylation sites is 2. The van der Waals surface area contributed by atoms with Crippen LogP contribution in [0.4, 0.5) is 0 Å². The van der Waals surface area contributed by atoms with E-state index in [2.05, 4.69) is 63.1 Å². The van der Waals surface area contributed by atoms with Crippen molar-refractivity contribution in [2.45, 2.75) is 227 Å². The number of aliphatic hydroxyl groups is 1. The Morgan fingerprint density at radius 1 is 0.500 bits per heavy atom. The minimum atomic E-state index is -2.12. The molecule has 0 aliphatic carbocycles. The minimum Gasteiger partial charge on any atom is -0.497 e. The molecule has 3 fully saturated rings. The second-order valence-electron chi connectivity index (χ2n) is 33.2. The first kappa shape index (κ1) is 106.